The van der Waals surface area contributed by atoms with Crippen molar-refractivity contribution in [2.45, 2.75) is 45.4 Å². The topological polar surface area (TPSA) is 55.1 Å². The lowest BCUT2D eigenvalue weighted by Crippen LogP contribution is -2.10. The maximum Gasteiger partial charge on any atom is 0.432 e. The Hall–Kier alpha value is -1.84. The number of hydrogen-bond donors (Lipinski definition) is 1. The van der Waals surface area contributed by atoms with Gasteiger partial charge < -0.3 is 5.11 Å². The summed E-state index contributed by atoms with van der Waals surface area (Å²) in [5.41, 5.74) is 2.77. The predicted octanol–water partition coefficient (Wildman–Crippen LogP) is 3.99. The molecule has 0 bridgehead atoms. The van der Waals surface area contributed by atoms with E-state index in [1.165, 1.54) is 37.7 Å². The van der Waals surface area contributed by atoms with Gasteiger partial charge >= 0.3 is 6.09 Å². The monoisotopic (exact) mass is 272 g/mol. The third kappa shape index (κ3) is 2.30. The Balaban J connectivity index is 2.00. The standard InChI is InChI=1S/C16H20N2O2/c1-11-15-13(10-12-6-3-2-4-7-12)8-5-9-14(15)18(17-11)16(19)20/h5,8-9,12H,2-4,6-7,10H2,1H3,(H,19,20). The van der Waals surface area contributed by atoms with Crippen LogP contribution in [0.25, 0.3) is 10.9 Å². The largest absolute Gasteiger partial charge is 0.463 e. The first kappa shape index (κ1) is 13.2. The Morgan fingerprint density at radius 3 is 2.80 bits per heavy atom. The highest BCUT2D eigenvalue weighted by molar-refractivity contribution is 5.91. The number of aromatic nitrogens is 2. The van der Waals surface area contributed by atoms with E-state index in [1.54, 1.807) is 0 Å². The lowest BCUT2D eigenvalue weighted by molar-refractivity contribution is 0.194. The number of benzene rings is 1. The summed E-state index contributed by atoms with van der Waals surface area (Å²) in [5.74, 6) is 0.738. The first-order valence-corrected chi connectivity index (χ1v) is 7.37. The molecule has 0 unspecified atom stereocenters. The van der Waals surface area contributed by atoms with Gasteiger partial charge in [-0.05, 0) is 30.9 Å². The van der Waals surface area contributed by atoms with E-state index < -0.39 is 6.09 Å². The van der Waals surface area contributed by atoms with Gasteiger partial charge in [-0.1, -0.05) is 44.2 Å². The molecule has 0 saturated heterocycles. The molecule has 4 heteroatoms. The normalized spacial score (nSPS) is 16.6. The van der Waals surface area contributed by atoms with Crippen LogP contribution in [0.15, 0.2) is 18.2 Å². The number of carboxylic acid groups (broad SMARTS) is 1. The number of hydrogen-bond acceptors (Lipinski definition) is 2. The molecule has 1 N–H and O–H groups in total. The molecule has 1 fully saturated rings. The van der Waals surface area contributed by atoms with Gasteiger partial charge in [-0.15, -0.1) is 0 Å². The summed E-state index contributed by atoms with van der Waals surface area (Å²) in [6.07, 6.45) is 6.63. The van der Waals surface area contributed by atoms with Crippen molar-refractivity contribution in [1.82, 2.24) is 9.78 Å². The van der Waals surface area contributed by atoms with E-state index >= 15 is 0 Å². The van der Waals surface area contributed by atoms with Crippen molar-refractivity contribution in [3.05, 3.63) is 29.5 Å². The van der Waals surface area contributed by atoms with Crippen LogP contribution in [0, 0.1) is 12.8 Å². The lowest BCUT2D eigenvalue weighted by Gasteiger charge is -2.21. The molecule has 0 atom stereocenters. The Bertz CT molecular complexity index is 639. The Morgan fingerprint density at radius 1 is 1.35 bits per heavy atom. The van der Waals surface area contributed by atoms with Crippen molar-refractivity contribution >= 4 is 17.0 Å². The quantitative estimate of drug-likeness (QED) is 0.899. The van der Waals surface area contributed by atoms with Crippen molar-refractivity contribution in [1.29, 1.82) is 0 Å². The fourth-order valence-corrected chi connectivity index (χ4v) is 3.45. The first-order valence-electron chi connectivity index (χ1n) is 7.37. The van der Waals surface area contributed by atoms with Gasteiger partial charge in [0.2, 0.25) is 0 Å². The maximum atomic E-state index is 11.2. The second-order valence-corrected chi connectivity index (χ2v) is 5.80. The zero-order valence-electron chi connectivity index (χ0n) is 11.8. The average molecular weight is 272 g/mol. The van der Waals surface area contributed by atoms with Crippen LogP contribution >= 0.6 is 0 Å². The molecule has 1 aromatic carbocycles. The van der Waals surface area contributed by atoms with Crippen molar-refractivity contribution in [2.75, 3.05) is 0 Å². The Labute approximate surface area is 118 Å². The molecular formula is C16H20N2O2. The number of nitrogens with zero attached hydrogens (tertiary/aromatic N) is 2. The molecule has 0 radical (unpaired) electrons. The minimum absolute atomic E-state index is 0.711. The van der Waals surface area contributed by atoms with E-state index in [1.807, 2.05) is 19.1 Å². The Morgan fingerprint density at radius 2 is 2.10 bits per heavy atom. The molecule has 4 nitrogen and oxygen atoms in total. The molecule has 1 saturated carbocycles. The van der Waals surface area contributed by atoms with E-state index in [0.717, 1.165) is 28.1 Å². The lowest BCUT2D eigenvalue weighted by atomic mass is 9.84. The van der Waals surface area contributed by atoms with E-state index in [4.69, 9.17) is 0 Å². The van der Waals surface area contributed by atoms with Crippen LogP contribution in [0.1, 0.15) is 43.4 Å². The smallest absolute Gasteiger partial charge is 0.432 e. The first-order chi connectivity index (χ1) is 9.66. The van der Waals surface area contributed by atoms with E-state index in [9.17, 15) is 9.90 Å². The minimum Gasteiger partial charge on any atom is -0.463 e. The molecule has 106 valence electrons. The number of carbonyl (C=O) groups is 1. The van der Waals surface area contributed by atoms with Crippen LogP contribution in [-0.2, 0) is 6.42 Å². The van der Waals surface area contributed by atoms with Crippen molar-refractivity contribution in [3.8, 4) is 0 Å². The highest BCUT2D eigenvalue weighted by Crippen LogP contribution is 2.30. The predicted molar refractivity (Wildman–Crippen MR) is 78.2 cm³/mol. The number of rotatable bonds is 2. The molecule has 1 aliphatic rings. The summed E-state index contributed by atoms with van der Waals surface area (Å²) >= 11 is 0. The van der Waals surface area contributed by atoms with Gasteiger partial charge in [-0.2, -0.15) is 9.78 Å². The maximum absolute atomic E-state index is 11.2. The van der Waals surface area contributed by atoms with E-state index in [-0.39, 0.29) is 0 Å². The van der Waals surface area contributed by atoms with E-state index in [2.05, 4.69) is 11.2 Å². The van der Waals surface area contributed by atoms with Crippen LogP contribution in [0.5, 0.6) is 0 Å². The number of aryl methyl sites for hydroxylation is 1. The molecule has 3 rings (SSSR count). The molecule has 1 aromatic heterocycles. The minimum atomic E-state index is -1.02. The van der Waals surface area contributed by atoms with E-state index in [0.29, 0.717) is 5.52 Å². The highest BCUT2D eigenvalue weighted by Gasteiger charge is 2.19. The molecule has 20 heavy (non-hydrogen) atoms. The molecular weight excluding hydrogens is 252 g/mol. The zero-order chi connectivity index (χ0) is 14.1. The molecule has 0 amide bonds. The van der Waals surface area contributed by atoms with Crippen LogP contribution in [-0.4, -0.2) is 21.0 Å². The van der Waals surface area contributed by atoms with Gasteiger partial charge in [0.1, 0.15) is 0 Å². The van der Waals surface area contributed by atoms with Crippen molar-refractivity contribution < 1.29 is 9.90 Å². The number of fused-ring (bicyclic) bond motifs is 1. The third-order valence-electron chi connectivity index (χ3n) is 4.38. The van der Waals surface area contributed by atoms with Gasteiger partial charge in [0, 0.05) is 5.39 Å². The summed E-state index contributed by atoms with van der Waals surface area (Å²) < 4.78 is 1.09. The molecule has 2 aromatic rings. The highest BCUT2D eigenvalue weighted by atomic mass is 16.4. The van der Waals surface area contributed by atoms with Crippen molar-refractivity contribution in [3.63, 3.8) is 0 Å². The second kappa shape index (κ2) is 5.27. The van der Waals surface area contributed by atoms with Gasteiger partial charge in [0.05, 0.1) is 11.2 Å². The van der Waals surface area contributed by atoms with Gasteiger partial charge in [0.15, 0.2) is 0 Å². The van der Waals surface area contributed by atoms with Gasteiger partial charge in [-0.25, -0.2) is 4.79 Å². The summed E-state index contributed by atoms with van der Waals surface area (Å²) in [6.45, 7) is 1.89. The molecule has 1 aliphatic carbocycles. The summed E-state index contributed by atoms with van der Waals surface area (Å²) in [4.78, 5) is 11.2. The van der Waals surface area contributed by atoms with Crippen LogP contribution in [0.4, 0.5) is 4.79 Å². The molecule has 0 aliphatic heterocycles. The SMILES string of the molecule is Cc1nn(C(=O)O)c2cccc(CC3CCCCC3)c12. The van der Waals surface area contributed by atoms with Crippen LogP contribution in [0.3, 0.4) is 0 Å². The van der Waals surface area contributed by atoms with Gasteiger partial charge in [-0.3, -0.25) is 0 Å². The molecule has 0 spiro atoms. The van der Waals surface area contributed by atoms with Crippen LogP contribution < -0.4 is 0 Å². The Kier molecular flexibility index (Phi) is 3.47. The summed E-state index contributed by atoms with van der Waals surface area (Å²) in [7, 11) is 0. The molecule has 1 heterocycles. The summed E-state index contributed by atoms with van der Waals surface area (Å²) in [6, 6.07) is 5.91. The zero-order valence-corrected chi connectivity index (χ0v) is 11.8. The fourth-order valence-electron chi connectivity index (χ4n) is 3.45. The van der Waals surface area contributed by atoms with Crippen LogP contribution in [0.2, 0.25) is 0 Å². The van der Waals surface area contributed by atoms with Gasteiger partial charge in [0.25, 0.3) is 0 Å². The average Bonchev–Trinajstić information content (AvgIpc) is 2.79. The summed E-state index contributed by atoms with van der Waals surface area (Å²) in [5, 5.41) is 14.4. The third-order valence-corrected chi connectivity index (χ3v) is 4.38. The second-order valence-electron chi connectivity index (χ2n) is 5.80. The fraction of sp³-hybridized carbons (Fsp3) is 0.500. The van der Waals surface area contributed by atoms with Crippen molar-refractivity contribution in [2.24, 2.45) is 5.92 Å².